The molecule has 0 saturated heterocycles. The molecule has 2 aliphatic carbocycles. The van der Waals surface area contributed by atoms with Crippen molar-refractivity contribution in [3.05, 3.63) is 23.0 Å². The fourth-order valence-electron chi connectivity index (χ4n) is 3.66. The number of rotatable bonds is 5. The molecule has 2 fully saturated rings. The third kappa shape index (κ3) is 4.08. The highest BCUT2D eigenvalue weighted by molar-refractivity contribution is 5.98. The van der Waals surface area contributed by atoms with Gasteiger partial charge in [-0.15, -0.1) is 0 Å². The molecule has 1 aromatic rings. The molecule has 3 rings (SSSR count). The van der Waals surface area contributed by atoms with Crippen LogP contribution in [0.15, 0.2) is 6.07 Å². The maximum atomic E-state index is 12.4. The van der Waals surface area contributed by atoms with Gasteiger partial charge in [-0.3, -0.25) is 10.1 Å². The highest BCUT2D eigenvalue weighted by Gasteiger charge is 2.30. The maximum Gasteiger partial charge on any atom is 0.340 e. The van der Waals surface area contributed by atoms with Crippen LogP contribution in [0.25, 0.3) is 0 Å². The molecule has 1 aromatic heterocycles. The number of carbonyl (C=O) groups excluding carboxylic acids is 3. The summed E-state index contributed by atoms with van der Waals surface area (Å²) >= 11 is 0. The molecule has 26 heavy (non-hydrogen) atoms. The van der Waals surface area contributed by atoms with Crippen molar-refractivity contribution in [3.63, 3.8) is 0 Å². The maximum absolute atomic E-state index is 12.4. The van der Waals surface area contributed by atoms with E-state index in [1.807, 2.05) is 13.8 Å². The number of nitrogens with one attached hydrogen (secondary N) is 2. The zero-order valence-electron chi connectivity index (χ0n) is 15.6. The lowest BCUT2D eigenvalue weighted by Gasteiger charge is -2.15. The number of carbonyl (C=O) groups is 3. The Bertz CT molecular complexity index is 715. The third-order valence-corrected chi connectivity index (χ3v) is 5.20. The second-order valence-electron chi connectivity index (χ2n) is 7.38. The number of amides is 3. The lowest BCUT2D eigenvalue weighted by molar-refractivity contribution is -0.127. The first-order valence-electron chi connectivity index (χ1n) is 9.37. The SMILES string of the molecule is Cc1cc(C(=O)O[C@H](C)C(=O)NC(=O)NC2CCCC2)c(C)n1C1CC1. The van der Waals surface area contributed by atoms with E-state index in [0.717, 1.165) is 49.9 Å². The van der Waals surface area contributed by atoms with E-state index in [-0.39, 0.29) is 6.04 Å². The van der Waals surface area contributed by atoms with Crippen LogP contribution >= 0.6 is 0 Å². The summed E-state index contributed by atoms with van der Waals surface area (Å²) in [7, 11) is 0. The molecule has 0 aliphatic heterocycles. The molecule has 1 atom stereocenters. The Morgan fingerprint density at radius 1 is 1.15 bits per heavy atom. The van der Waals surface area contributed by atoms with Gasteiger partial charge < -0.3 is 14.6 Å². The van der Waals surface area contributed by atoms with Gasteiger partial charge in [0, 0.05) is 23.5 Å². The average Bonchev–Trinajstić information content (AvgIpc) is 3.18. The van der Waals surface area contributed by atoms with Crippen molar-refractivity contribution >= 4 is 17.9 Å². The van der Waals surface area contributed by atoms with E-state index < -0.39 is 24.0 Å². The van der Waals surface area contributed by atoms with Crippen LogP contribution in [0.3, 0.4) is 0 Å². The van der Waals surface area contributed by atoms with E-state index in [9.17, 15) is 14.4 Å². The zero-order valence-corrected chi connectivity index (χ0v) is 15.6. The topological polar surface area (TPSA) is 89.4 Å². The Morgan fingerprint density at radius 2 is 1.81 bits per heavy atom. The molecular weight excluding hydrogens is 334 g/mol. The van der Waals surface area contributed by atoms with E-state index in [2.05, 4.69) is 15.2 Å². The molecule has 7 nitrogen and oxygen atoms in total. The van der Waals surface area contributed by atoms with E-state index in [0.29, 0.717) is 11.6 Å². The summed E-state index contributed by atoms with van der Waals surface area (Å²) < 4.78 is 7.42. The predicted molar refractivity (Wildman–Crippen MR) is 96.0 cm³/mol. The number of aryl methyl sites for hydroxylation is 1. The molecule has 0 bridgehead atoms. The fourth-order valence-corrected chi connectivity index (χ4v) is 3.66. The Labute approximate surface area is 153 Å². The lowest BCUT2D eigenvalue weighted by atomic mass is 10.2. The van der Waals surface area contributed by atoms with Crippen LogP contribution in [0.1, 0.15) is 73.2 Å². The molecule has 0 spiro atoms. The van der Waals surface area contributed by atoms with Crippen molar-refractivity contribution in [1.29, 1.82) is 0 Å². The number of ether oxygens (including phenoxy) is 1. The lowest BCUT2D eigenvalue weighted by Crippen LogP contribution is -2.47. The van der Waals surface area contributed by atoms with Crippen molar-refractivity contribution in [1.82, 2.24) is 15.2 Å². The van der Waals surface area contributed by atoms with Crippen molar-refractivity contribution in [2.24, 2.45) is 0 Å². The predicted octanol–water partition coefficient (Wildman–Crippen LogP) is 2.75. The number of hydrogen-bond acceptors (Lipinski definition) is 4. The summed E-state index contributed by atoms with van der Waals surface area (Å²) in [6.07, 6.45) is 5.25. The zero-order chi connectivity index (χ0) is 18.8. The van der Waals surface area contributed by atoms with Crippen LogP contribution in [0.4, 0.5) is 4.79 Å². The first kappa shape index (κ1) is 18.5. The number of hydrogen-bond donors (Lipinski definition) is 2. The van der Waals surface area contributed by atoms with Crippen molar-refractivity contribution in [2.45, 2.75) is 77.5 Å². The van der Waals surface area contributed by atoms with Crippen molar-refractivity contribution < 1.29 is 19.1 Å². The van der Waals surface area contributed by atoms with Crippen LogP contribution in [0, 0.1) is 13.8 Å². The van der Waals surface area contributed by atoms with Gasteiger partial charge in [-0.25, -0.2) is 9.59 Å². The smallest absolute Gasteiger partial charge is 0.340 e. The van der Waals surface area contributed by atoms with Gasteiger partial charge in [-0.05, 0) is 52.5 Å². The summed E-state index contributed by atoms with van der Waals surface area (Å²) in [4.78, 5) is 36.4. The molecular formula is C19H27N3O4. The summed E-state index contributed by atoms with van der Waals surface area (Å²) in [5, 5.41) is 5.03. The van der Waals surface area contributed by atoms with Gasteiger partial charge in [0.1, 0.15) is 0 Å². The Morgan fingerprint density at radius 3 is 2.42 bits per heavy atom. The summed E-state index contributed by atoms with van der Waals surface area (Å²) in [6, 6.07) is 1.86. The van der Waals surface area contributed by atoms with E-state index >= 15 is 0 Å². The molecule has 0 radical (unpaired) electrons. The van der Waals surface area contributed by atoms with Gasteiger partial charge in [0.15, 0.2) is 6.10 Å². The second kappa shape index (κ2) is 7.51. The van der Waals surface area contributed by atoms with Gasteiger partial charge >= 0.3 is 12.0 Å². The number of esters is 1. The minimum absolute atomic E-state index is 0.119. The number of aromatic nitrogens is 1. The van der Waals surface area contributed by atoms with E-state index in [4.69, 9.17) is 4.74 Å². The quantitative estimate of drug-likeness (QED) is 0.789. The van der Waals surface area contributed by atoms with E-state index in [1.54, 1.807) is 6.07 Å². The van der Waals surface area contributed by atoms with Crippen molar-refractivity contribution in [2.75, 3.05) is 0 Å². The molecule has 3 amide bonds. The third-order valence-electron chi connectivity index (χ3n) is 5.20. The van der Waals surface area contributed by atoms with Crippen molar-refractivity contribution in [3.8, 4) is 0 Å². The molecule has 2 aliphatic rings. The van der Waals surface area contributed by atoms with Crippen LogP contribution < -0.4 is 10.6 Å². The van der Waals surface area contributed by atoms with Crippen LogP contribution in [-0.4, -0.2) is 34.6 Å². The molecule has 2 saturated carbocycles. The van der Waals surface area contributed by atoms with Gasteiger partial charge in [-0.1, -0.05) is 12.8 Å². The largest absolute Gasteiger partial charge is 0.449 e. The number of urea groups is 1. The Hall–Kier alpha value is -2.31. The normalized spacial score (nSPS) is 18.4. The fraction of sp³-hybridized carbons (Fsp3) is 0.632. The highest BCUT2D eigenvalue weighted by atomic mass is 16.5. The van der Waals surface area contributed by atoms with Crippen LogP contribution in [0.5, 0.6) is 0 Å². The molecule has 1 heterocycles. The average molecular weight is 361 g/mol. The Balaban J connectivity index is 1.54. The molecule has 142 valence electrons. The molecule has 2 N–H and O–H groups in total. The van der Waals surface area contributed by atoms with Gasteiger partial charge in [0.25, 0.3) is 5.91 Å². The summed E-state index contributed by atoms with van der Waals surface area (Å²) in [5.74, 6) is -1.16. The Kier molecular flexibility index (Phi) is 5.34. The van der Waals surface area contributed by atoms with Gasteiger partial charge in [0.2, 0.25) is 0 Å². The molecule has 0 aromatic carbocycles. The van der Waals surface area contributed by atoms with E-state index in [1.165, 1.54) is 6.92 Å². The summed E-state index contributed by atoms with van der Waals surface area (Å²) in [5.41, 5.74) is 2.36. The molecule has 7 heteroatoms. The monoisotopic (exact) mass is 361 g/mol. The van der Waals surface area contributed by atoms with Gasteiger partial charge in [-0.2, -0.15) is 0 Å². The summed E-state index contributed by atoms with van der Waals surface area (Å²) in [6.45, 7) is 5.32. The number of nitrogens with zero attached hydrogens (tertiary/aromatic N) is 1. The van der Waals surface area contributed by atoms with Crippen LogP contribution in [-0.2, 0) is 9.53 Å². The second-order valence-corrected chi connectivity index (χ2v) is 7.38. The highest BCUT2D eigenvalue weighted by Crippen LogP contribution is 2.38. The van der Waals surface area contributed by atoms with Gasteiger partial charge in [0.05, 0.1) is 5.56 Å². The standard InChI is InChI=1S/C19H27N3O4/c1-11-10-16(12(2)22(11)15-8-9-15)18(24)26-13(3)17(23)21-19(25)20-14-6-4-5-7-14/h10,13-15H,4-9H2,1-3H3,(H2,20,21,23,25)/t13-/m1/s1. The first-order valence-corrected chi connectivity index (χ1v) is 9.37. The first-order chi connectivity index (χ1) is 12.4. The minimum atomic E-state index is -1.04. The van der Waals surface area contributed by atoms with Crippen LogP contribution in [0.2, 0.25) is 0 Å². The minimum Gasteiger partial charge on any atom is -0.449 e. The number of imide groups is 1. The molecule has 0 unspecified atom stereocenters.